The van der Waals surface area contributed by atoms with Gasteiger partial charge in [-0.25, -0.2) is 0 Å². The number of hydrogen-bond acceptors (Lipinski definition) is 7. The van der Waals surface area contributed by atoms with E-state index in [2.05, 4.69) is 30.9 Å². The number of ether oxygens (including phenoxy) is 1. The predicted octanol–water partition coefficient (Wildman–Crippen LogP) is 3.79. The number of rotatable bonds is 6. The van der Waals surface area contributed by atoms with E-state index in [4.69, 9.17) is 4.74 Å². The van der Waals surface area contributed by atoms with E-state index in [0.717, 1.165) is 43.7 Å². The number of esters is 1. The molecule has 1 N–H and O–H groups in total. The monoisotopic (exact) mass is 567 g/mol. The molecule has 216 valence electrons. The van der Waals surface area contributed by atoms with Gasteiger partial charge in [-0.05, 0) is 71.2 Å². The summed E-state index contributed by atoms with van der Waals surface area (Å²) in [5, 5.41) is 10.2. The number of aliphatic hydroxyl groups excluding tert-OH is 1. The summed E-state index contributed by atoms with van der Waals surface area (Å²) >= 11 is 1.53. The van der Waals surface area contributed by atoms with Gasteiger partial charge in [0.1, 0.15) is 6.04 Å². The summed E-state index contributed by atoms with van der Waals surface area (Å²) in [6.07, 6.45) is 10.7. The molecule has 4 aliphatic heterocycles. The van der Waals surface area contributed by atoms with Gasteiger partial charge in [-0.15, -0.1) is 11.8 Å². The van der Waals surface area contributed by atoms with E-state index < -0.39 is 33.4 Å². The Morgan fingerprint density at radius 1 is 1.05 bits per heavy atom. The highest BCUT2D eigenvalue weighted by atomic mass is 32.2. The summed E-state index contributed by atoms with van der Waals surface area (Å²) in [7, 11) is 0. The van der Waals surface area contributed by atoms with Crippen molar-refractivity contribution in [3.05, 3.63) is 48.6 Å². The highest BCUT2D eigenvalue weighted by Crippen LogP contribution is 2.65. The van der Waals surface area contributed by atoms with Crippen LogP contribution >= 0.6 is 11.8 Å². The van der Waals surface area contributed by atoms with E-state index in [1.54, 1.807) is 16.7 Å². The summed E-state index contributed by atoms with van der Waals surface area (Å²) in [6, 6.07) is 6.51. The number of cyclic esters (lactones) is 1. The minimum Gasteiger partial charge on any atom is -0.465 e. The van der Waals surface area contributed by atoms with Gasteiger partial charge < -0.3 is 24.5 Å². The Bertz CT molecular complexity index is 1200. The first-order valence-electron chi connectivity index (χ1n) is 14.5. The number of amides is 2. The van der Waals surface area contributed by atoms with Crippen molar-refractivity contribution in [3.63, 3.8) is 0 Å². The molecule has 0 radical (unpaired) electrons. The number of carbonyl (C=O) groups is 3. The van der Waals surface area contributed by atoms with Crippen LogP contribution in [-0.4, -0.2) is 82.2 Å². The van der Waals surface area contributed by atoms with Crippen LogP contribution < -0.4 is 9.80 Å². The number of fused-ring (bicyclic) bond motifs is 2. The van der Waals surface area contributed by atoms with Crippen molar-refractivity contribution in [2.75, 3.05) is 42.6 Å². The molecule has 0 aromatic heterocycles. The molecule has 4 aliphatic rings. The fraction of sp³-hybridized carbons (Fsp3) is 0.581. The first-order chi connectivity index (χ1) is 19.2. The Morgan fingerprint density at radius 2 is 1.77 bits per heavy atom. The molecule has 0 bridgehead atoms. The molecule has 0 aliphatic carbocycles. The van der Waals surface area contributed by atoms with Crippen molar-refractivity contribution in [1.29, 1.82) is 0 Å². The van der Waals surface area contributed by atoms with Crippen LogP contribution in [0.1, 0.15) is 47.0 Å². The maximum Gasteiger partial charge on any atom is 0.311 e. The maximum atomic E-state index is 14.6. The number of anilines is 2. The molecular weight excluding hydrogens is 526 g/mol. The molecule has 40 heavy (non-hydrogen) atoms. The maximum absolute atomic E-state index is 14.6. The average Bonchev–Trinajstić information content (AvgIpc) is 3.29. The fourth-order valence-corrected chi connectivity index (χ4v) is 9.10. The molecule has 2 amide bonds. The zero-order chi connectivity index (χ0) is 28.7. The number of benzene rings is 1. The van der Waals surface area contributed by atoms with E-state index in [1.165, 1.54) is 11.8 Å². The molecule has 0 saturated carbocycles. The molecule has 4 heterocycles. The van der Waals surface area contributed by atoms with Gasteiger partial charge in [-0.2, -0.15) is 0 Å². The lowest BCUT2D eigenvalue weighted by atomic mass is 9.74. The Hall–Kier alpha value is -2.78. The standard InChI is InChI=1S/C31H41N3O5S/c1-5-32(6-2)22-12-14-23(15-13-22)33-18-11-17-31-24(27(36)34(21(3)20-35)26(31)28(33)37)25-29(38)39-19-10-8-7-9-16-30(25,4)40-31/h9,11-17,21,24-26,35H,5-8,10,18-20H2,1-4H3/b16-9-/t21-,24+,25+,26?,30-,31+/m1/s1. The largest absolute Gasteiger partial charge is 0.465 e. The van der Waals surface area contributed by atoms with E-state index >= 15 is 0 Å². The van der Waals surface area contributed by atoms with Crippen LogP contribution in [0.15, 0.2) is 48.6 Å². The first kappa shape index (κ1) is 28.7. The van der Waals surface area contributed by atoms with E-state index in [0.29, 0.717) is 13.2 Å². The molecule has 2 fully saturated rings. The van der Waals surface area contributed by atoms with E-state index in [1.807, 2.05) is 43.3 Å². The number of thioether (sulfide) groups is 1. The fourth-order valence-electron chi connectivity index (χ4n) is 6.96. The Kier molecular flexibility index (Phi) is 8.08. The molecular formula is C31H41N3O5S. The predicted molar refractivity (Wildman–Crippen MR) is 158 cm³/mol. The summed E-state index contributed by atoms with van der Waals surface area (Å²) < 4.78 is 4.04. The van der Waals surface area contributed by atoms with Crippen molar-refractivity contribution in [2.24, 2.45) is 11.8 Å². The lowest BCUT2D eigenvalue weighted by Gasteiger charge is -2.39. The number of likely N-dealkylation sites (tertiary alicyclic amines) is 1. The first-order valence-corrected chi connectivity index (χ1v) is 15.4. The molecule has 1 spiro atoms. The van der Waals surface area contributed by atoms with Crippen molar-refractivity contribution in [2.45, 2.75) is 68.5 Å². The minimum atomic E-state index is -0.968. The van der Waals surface area contributed by atoms with Gasteiger partial charge in [0.15, 0.2) is 0 Å². The van der Waals surface area contributed by atoms with Crippen molar-refractivity contribution >= 4 is 40.9 Å². The molecule has 1 aromatic carbocycles. The zero-order valence-corrected chi connectivity index (χ0v) is 24.7. The summed E-state index contributed by atoms with van der Waals surface area (Å²) in [5.41, 5.74) is 1.84. The summed E-state index contributed by atoms with van der Waals surface area (Å²) in [5.74, 6) is -2.37. The van der Waals surface area contributed by atoms with Crippen LogP contribution in [0.25, 0.3) is 0 Å². The third-order valence-corrected chi connectivity index (χ3v) is 10.8. The van der Waals surface area contributed by atoms with Gasteiger partial charge in [0.2, 0.25) is 5.91 Å². The summed E-state index contributed by atoms with van der Waals surface area (Å²) in [4.78, 5) is 48.0. The molecule has 2 saturated heterocycles. The number of aliphatic hydroxyl groups is 1. The number of carbonyl (C=O) groups excluding carboxylic acids is 3. The van der Waals surface area contributed by atoms with Gasteiger partial charge in [0, 0.05) is 35.8 Å². The number of nitrogens with zero attached hydrogens (tertiary/aromatic N) is 3. The second kappa shape index (κ2) is 11.2. The second-order valence-corrected chi connectivity index (χ2v) is 13.2. The molecule has 6 atom stereocenters. The van der Waals surface area contributed by atoms with Gasteiger partial charge >= 0.3 is 5.97 Å². The molecule has 9 heteroatoms. The van der Waals surface area contributed by atoms with Gasteiger partial charge in [0.05, 0.1) is 35.8 Å². The van der Waals surface area contributed by atoms with Crippen LogP contribution in [0, 0.1) is 11.8 Å². The number of allylic oxidation sites excluding steroid dienone is 1. The van der Waals surface area contributed by atoms with Crippen molar-refractivity contribution < 1.29 is 24.2 Å². The van der Waals surface area contributed by atoms with Gasteiger partial charge in [0.25, 0.3) is 5.91 Å². The molecule has 5 rings (SSSR count). The van der Waals surface area contributed by atoms with E-state index in [-0.39, 0.29) is 24.4 Å². The smallest absolute Gasteiger partial charge is 0.311 e. The van der Waals surface area contributed by atoms with Gasteiger partial charge in [-0.1, -0.05) is 24.3 Å². The Balaban J connectivity index is 1.59. The van der Waals surface area contributed by atoms with Crippen molar-refractivity contribution in [3.8, 4) is 0 Å². The lowest BCUT2D eigenvalue weighted by molar-refractivity contribution is -0.154. The summed E-state index contributed by atoms with van der Waals surface area (Å²) in [6.45, 7) is 10.1. The minimum absolute atomic E-state index is 0.200. The SMILES string of the molecule is CCN(CC)c1ccc(N2CC=C[C@]34S[C@]5(C)/C=C\CCCCOC(=O)[C@@H]5[C@H]3C(=O)N([C@H](C)CO)C4C2=O)cc1. The highest BCUT2D eigenvalue weighted by Gasteiger charge is 2.74. The Labute approximate surface area is 241 Å². The quantitative estimate of drug-likeness (QED) is 0.413. The van der Waals surface area contributed by atoms with Crippen LogP contribution in [0.2, 0.25) is 0 Å². The topological polar surface area (TPSA) is 90.4 Å². The van der Waals surface area contributed by atoms with Gasteiger partial charge in [-0.3, -0.25) is 14.4 Å². The third kappa shape index (κ3) is 4.55. The normalized spacial score (nSPS) is 33.5. The van der Waals surface area contributed by atoms with E-state index in [9.17, 15) is 19.5 Å². The van der Waals surface area contributed by atoms with Crippen LogP contribution in [-0.2, 0) is 19.1 Å². The zero-order valence-electron chi connectivity index (χ0n) is 23.9. The third-order valence-electron chi connectivity index (χ3n) is 8.97. The number of hydrogen-bond donors (Lipinski definition) is 1. The van der Waals surface area contributed by atoms with Crippen LogP contribution in [0.3, 0.4) is 0 Å². The average molecular weight is 568 g/mol. The van der Waals surface area contributed by atoms with Crippen molar-refractivity contribution in [1.82, 2.24) is 4.90 Å². The molecule has 1 unspecified atom stereocenters. The lowest BCUT2D eigenvalue weighted by Crippen LogP contribution is -2.56. The molecule has 8 nitrogen and oxygen atoms in total. The second-order valence-electron chi connectivity index (χ2n) is 11.4. The highest BCUT2D eigenvalue weighted by molar-refractivity contribution is 8.02. The van der Waals surface area contributed by atoms with Crippen LogP contribution in [0.5, 0.6) is 0 Å². The van der Waals surface area contributed by atoms with Crippen LogP contribution in [0.4, 0.5) is 11.4 Å². The Morgan fingerprint density at radius 3 is 2.45 bits per heavy atom. The molecule has 1 aromatic rings.